The molecule has 1 aromatic carbocycles. The summed E-state index contributed by atoms with van der Waals surface area (Å²) < 4.78 is 10.3. The minimum absolute atomic E-state index is 0.0735. The van der Waals surface area contributed by atoms with Crippen molar-refractivity contribution >= 4 is 5.91 Å². The Morgan fingerprint density at radius 2 is 2.25 bits per heavy atom. The van der Waals surface area contributed by atoms with Crippen LogP contribution in [0.5, 0.6) is 5.75 Å². The molecular weight excluding hydrogens is 256 g/mol. The van der Waals surface area contributed by atoms with E-state index in [1.807, 2.05) is 30.3 Å². The van der Waals surface area contributed by atoms with E-state index >= 15 is 0 Å². The number of nitrogens with zero attached hydrogens (tertiary/aromatic N) is 2. The summed E-state index contributed by atoms with van der Waals surface area (Å²) in [5.41, 5.74) is 1.10. The highest BCUT2D eigenvalue weighted by molar-refractivity contribution is 5.76. The number of ether oxygens (including phenoxy) is 2. The Bertz CT molecular complexity index is 493. The molecule has 1 amide bonds. The van der Waals surface area contributed by atoms with E-state index in [1.54, 1.807) is 12.0 Å². The fourth-order valence-corrected chi connectivity index (χ4v) is 2.16. The van der Waals surface area contributed by atoms with Gasteiger partial charge < -0.3 is 14.4 Å². The number of hydrogen-bond acceptors (Lipinski definition) is 4. The highest BCUT2D eigenvalue weighted by atomic mass is 16.5. The molecule has 1 aliphatic heterocycles. The number of carbonyl (C=O) groups is 1. The number of aryl methyl sites for hydroxylation is 1. The number of rotatable bonds is 4. The van der Waals surface area contributed by atoms with Crippen molar-refractivity contribution in [1.82, 2.24) is 4.90 Å². The van der Waals surface area contributed by atoms with Crippen LogP contribution in [0.4, 0.5) is 0 Å². The van der Waals surface area contributed by atoms with Crippen LogP contribution in [0.1, 0.15) is 12.0 Å². The van der Waals surface area contributed by atoms with E-state index in [9.17, 15) is 4.79 Å². The van der Waals surface area contributed by atoms with Gasteiger partial charge >= 0.3 is 0 Å². The Balaban J connectivity index is 1.83. The van der Waals surface area contributed by atoms with Crippen molar-refractivity contribution in [3.05, 3.63) is 29.8 Å². The molecule has 5 nitrogen and oxygen atoms in total. The lowest BCUT2D eigenvalue weighted by Crippen LogP contribution is -2.45. The third-order valence-electron chi connectivity index (χ3n) is 3.35. The first-order chi connectivity index (χ1) is 9.72. The van der Waals surface area contributed by atoms with E-state index in [1.165, 1.54) is 0 Å². The van der Waals surface area contributed by atoms with Gasteiger partial charge in [0.2, 0.25) is 5.91 Å². The first-order valence-electron chi connectivity index (χ1n) is 6.65. The summed E-state index contributed by atoms with van der Waals surface area (Å²) in [7, 11) is 1.63. The van der Waals surface area contributed by atoms with Gasteiger partial charge in [0.25, 0.3) is 0 Å². The highest BCUT2D eigenvalue weighted by Crippen LogP contribution is 2.14. The molecule has 0 aromatic heterocycles. The Hall–Kier alpha value is -2.06. The molecule has 0 N–H and O–H groups in total. The van der Waals surface area contributed by atoms with Crippen LogP contribution in [0.3, 0.4) is 0 Å². The molecular formula is C15H18N2O3. The summed E-state index contributed by atoms with van der Waals surface area (Å²) in [6.45, 7) is 1.38. The van der Waals surface area contributed by atoms with Crippen molar-refractivity contribution in [3.8, 4) is 11.8 Å². The monoisotopic (exact) mass is 274 g/mol. The predicted octanol–water partition coefficient (Wildman–Crippen LogP) is 1.38. The quantitative estimate of drug-likeness (QED) is 0.832. The maximum atomic E-state index is 12.1. The molecule has 5 heteroatoms. The molecule has 1 aliphatic rings. The number of nitriles is 1. The van der Waals surface area contributed by atoms with Crippen LogP contribution in [0, 0.1) is 11.3 Å². The molecule has 2 rings (SSSR count). The van der Waals surface area contributed by atoms with Gasteiger partial charge in [-0.1, -0.05) is 12.1 Å². The van der Waals surface area contributed by atoms with Gasteiger partial charge in [0.15, 0.2) is 6.10 Å². The number of methoxy groups -OCH3 is 1. The smallest absolute Gasteiger partial charge is 0.223 e. The van der Waals surface area contributed by atoms with Crippen molar-refractivity contribution in [3.63, 3.8) is 0 Å². The van der Waals surface area contributed by atoms with Gasteiger partial charge in [-0.05, 0) is 24.1 Å². The molecule has 106 valence electrons. The van der Waals surface area contributed by atoms with Crippen molar-refractivity contribution in [1.29, 1.82) is 5.26 Å². The topological polar surface area (TPSA) is 62.6 Å². The van der Waals surface area contributed by atoms with Crippen LogP contribution in [0.2, 0.25) is 0 Å². The fourth-order valence-electron chi connectivity index (χ4n) is 2.16. The van der Waals surface area contributed by atoms with E-state index in [4.69, 9.17) is 14.7 Å². The lowest BCUT2D eigenvalue weighted by molar-refractivity contribution is -0.136. The number of morpholine rings is 1. The lowest BCUT2D eigenvalue weighted by Gasteiger charge is -2.29. The number of benzene rings is 1. The summed E-state index contributed by atoms with van der Waals surface area (Å²) in [5, 5.41) is 8.82. The van der Waals surface area contributed by atoms with E-state index in [0.717, 1.165) is 11.3 Å². The summed E-state index contributed by atoms with van der Waals surface area (Å²) in [6, 6.07) is 9.75. The average Bonchev–Trinajstić information content (AvgIpc) is 2.53. The van der Waals surface area contributed by atoms with Gasteiger partial charge in [-0.2, -0.15) is 5.26 Å². The third kappa shape index (κ3) is 3.72. The van der Waals surface area contributed by atoms with Gasteiger partial charge in [0.1, 0.15) is 5.75 Å². The highest BCUT2D eigenvalue weighted by Gasteiger charge is 2.23. The second kappa shape index (κ2) is 6.92. The standard InChI is InChI=1S/C15H18N2O3/c1-19-13-5-2-12(3-6-13)4-7-15(18)17-8-9-20-14(10-16)11-17/h2-3,5-6,14H,4,7-9,11H2,1H3. The zero-order valence-corrected chi connectivity index (χ0v) is 11.5. The maximum Gasteiger partial charge on any atom is 0.223 e. The summed E-state index contributed by atoms with van der Waals surface area (Å²) >= 11 is 0. The van der Waals surface area contributed by atoms with Crippen LogP contribution in [-0.2, 0) is 16.0 Å². The van der Waals surface area contributed by atoms with Gasteiger partial charge in [0.05, 0.1) is 26.3 Å². The molecule has 0 spiro atoms. The Labute approximate surface area is 118 Å². The van der Waals surface area contributed by atoms with Crippen LogP contribution in [0.25, 0.3) is 0 Å². The molecule has 1 unspecified atom stereocenters. The number of carbonyl (C=O) groups excluding carboxylic acids is 1. The fraction of sp³-hybridized carbons (Fsp3) is 0.467. The first kappa shape index (κ1) is 14.4. The van der Waals surface area contributed by atoms with Crippen molar-refractivity contribution < 1.29 is 14.3 Å². The SMILES string of the molecule is COc1ccc(CCC(=O)N2CCOC(C#N)C2)cc1. The maximum absolute atomic E-state index is 12.1. The molecule has 0 bridgehead atoms. The van der Waals surface area contributed by atoms with Gasteiger partial charge in [-0.15, -0.1) is 0 Å². The number of amides is 1. The number of hydrogen-bond donors (Lipinski definition) is 0. The zero-order chi connectivity index (χ0) is 14.4. The van der Waals surface area contributed by atoms with Crippen molar-refractivity contribution in [2.24, 2.45) is 0 Å². The summed E-state index contributed by atoms with van der Waals surface area (Å²) in [6.07, 6.45) is 0.649. The van der Waals surface area contributed by atoms with Gasteiger partial charge in [0, 0.05) is 13.0 Å². The normalized spacial score (nSPS) is 18.4. The van der Waals surface area contributed by atoms with Crippen molar-refractivity contribution in [2.45, 2.75) is 18.9 Å². The lowest BCUT2D eigenvalue weighted by atomic mass is 10.1. The van der Waals surface area contributed by atoms with Gasteiger partial charge in [-0.25, -0.2) is 0 Å². The van der Waals surface area contributed by atoms with E-state index in [2.05, 4.69) is 0 Å². The molecule has 20 heavy (non-hydrogen) atoms. The van der Waals surface area contributed by atoms with E-state index in [0.29, 0.717) is 32.5 Å². The molecule has 0 aliphatic carbocycles. The third-order valence-corrected chi connectivity index (χ3v) is 3.35. The molecule has 0 saturated carbocycles. The Morgan fingerprint density at radius 1 is 1.50 bits per heavy atom. The van der Waals surface area contributed by atoms with Crippen LogP contribution >= 0.6 is 0 Å². The second-order valence-electron chi connectivity index (χ2n) is 4.68. The van der Waals surface area contributed by atoms with Crippen molar-refractivity contribution in [2.75, 3.05) is 26.8 Å². The largest absolute Gasteiger partial charge is 0.497 e. The van der Waals surface area contributed by atoms with Crippen LogP contribution in [0.15, 0.2) is 24.3 Å². The van der Waals surface area contributed by atoms with Crippen LogP contribution in [-0.4, -0.2) is 43.7 Å². The first-order valence-corrected chi connectivity index (χ1v) is 6.65. The molecule has 0 radical (unpaired) electrons. The van der Waals surface area contributed by atoms with Gasteiger partial charge in [-0.3, -0.25) is 4.79 Å². The minimum Gasteiger partial charge on any atom is -0.497 e. The predicted molar refractivity (Wildman–Crippen MR) is 73.2 cm³/mol. The summed E-state index contributed by atoms with van der Waals surface area (Å²) in [4.78, 5) is 13.8. The Kier molecular flexibility index (Phi) is 4.97. The molecule has 1 heterocycles. The minimum atomic E-state index is -0.492. The Morgan fingerprint density at radius 3 is 2.90 bits per heavy atom. The van der Waals surface area contributed by atoms with Crippen LogP contribution < -0.4 is 4.74 Å². The second-order valence-corrected chi connectivity index (χ2v) is 4.68. The molecule has 1 saturated heterocycles. The average molecular weight is 274 g/mol. The molecule has 1 fully saturated rings. The molecule has 1 aromatic rings. The molecule has 1 atom stereocenters. The van der Waals surface area contributed by atoms with E-state index in [-0.39, 0.29) is 5.91 Å². The zero-order valence-electron chi connectivity index (χ0n) is 11.5. The van der Waals surface area contributed by atoms with E-state index < -0.39 is 6.10 Å². The summed E-state index contributed by atoms with van der Waals surface area (Å²) in [5.74, 6) is 0.884.